The molecule has 0 fully saturated rings. The second-order valence-corrected chi connectivity index (χ2v) is 6.85. The number of ether oxygens (including phenoxy) is 1. The topological polar surface area (TPSA) is 12.5 Å². The van der Waals surface area contributed by atoms with Gasteiger partial charge in [-0.05, 0) is 69.7 Å². The summed E-state index contributed by atoms with van der Waals surface area (Å²) in [6.07, 6.45) is 2.16. The van der Waals surface area contributed by atoms with Crippen molar-refractivity contribution in [3.8, 4) is 5.75 Å². The summed E-state index contributed by atoms with van der Waals surface area (Å²) < 4.78 is 7.15. The first-order valence-corrected chi connectivity index (χ1v) is 8.45. The maximum atomic E-state index is 6.04. The third-order valence-corrected chi connectivity index (χ3v) is 4.08. The fraction of sp³-hybridized carbons (Fsp3) is 0.368. The molecule has 0 atom stereocenters. The average Bonchev–Trinajstić information content (AvgIpc) is 2.48. The van der Waals surface area contributed by atoms with Crippen molar-refractivity contribution in [3.05, 3.63) is 63.6 Å². The fourth-order valence-corrected chi connectivity index (χ4v) is 2.72. The zero-order valence-corrected chi connectivity index (χ0v) is 15.2. The predicted octanol–water partition coefficient (Wildman–Crippen LogP) is 4.83. The van der Waals surface area contributed by atoms with E-state index in [1.807, 2.05) is 6.07 Å². The highest BCUT2D eigenvalue weighted by atomic mass is 79.9. The summed E-state index contributed by atoms with van der Waals surface area (Å²) in [5.74, 6) is 0.988. The molecular weight excluding hydrogens is 338 g/mol. The molecule has 0 unspecified atom stereocenters. The molecular formula is C19H24BrNO. The number of benzene rings is 2. The van der Waals surface area contributed by atoms with Gasteiger partial charge in [0.05, 0.1) is 0 Å². The Morgan fingerprint density at radius 1 is 1.05 bits per heavy atom. The maximum Gasteiger partial charge on any atom is 0.123 e. The number of nitrogens with zero attached hydrogens (tertiary/aromatic N) is 1. The minimum atomic E-state index is 0.614. The van der Waals surface area contributed by atoms with Gasteiger partial charge >= 0.3 is 0 Å². The Kier molecular flexibility index (Phi) is 6.47. The second kappa shape index (κ2) is 8.35. The van der Waals surface area contributed by atoms with Crippen LogP contribution in [0, 0.1) is 6.92 Å². The van der Waals surface area contributed by atoms with Crippen LogP contribution in [0.5, 0.6) is 5.75 Å². The average molecular weight is 362 g/mol. The van der Waals surface area contributed by atoms with E-state index >= 15 is 0 Å². The molecule has 0 aliphatic carbocycles. The molecule has 0 aromatic heterocycles. The van der Waals surface area contributed by atoms with E-state index in [0.717, 1.165) is 29.6 Å². The Morgan fingerprint density at radius 3 is 2.45 bits per heavy atom. The lowest BCUT2D eigenvalue weighted by atomic mass is 10.1. The zero-order chi connectivity index (χ0) is 15.9. The van der Waals surface area contributed by atoms with Crippen LogP contribution in [0.1, 0.15) is 23.1 Å². The normalized spacial score (nSPS) is 11.0. The lowest BCUT2D eigenvalue weighted by Gasteiger charge is -2.14. The lowest BCUT2D eigenvalue weighted by Crippen LogP contribution is -2.13. The minimum absolute atomic E-state index is 0.614. The van der Waals surface area contributed by atoms with Crippen LogP contribution in [0.25, 0.3) is 0 Å². The maximum absolute atomic E-state index is 6.04. The van der Waals surface area contributed by atoms with Crippen LogP contribution in [-0.2, 0) is 13.0 Å². The molecule has 0 amide bonds. The van der Waals surface area contributed by atoms with Gasteiger partial charge in [-0.1, -0.05) is 45.8 Å². The van der Waals surface area contributed by atoms with Gasteiger partial charge in [-0.15, -0.1) is 0 Å². The van der Waals surface area contributed by atoms with Crippen molar-refractivity contribution in [1.82, 2.24) is 4.90 Å². The summed E-state index contributed by atoms with van der Waals surface area (Å²) in [4.78, 5) is 2.21. The smallest absolute Gasteiger partial charge is 0.123 e. The van der Waals surface area contributed by atoms with Crippen molar-refractivity contribution >= 4 is 15.9 Å². The van der Waals surface area contributed by atoms with E-state index in [9.17, 15) is 0 Å². The Bertz CT molecular complexity index is 593. The summed E-state index contributed by atoms with van der Waals surface area (Å²) in [6, 6.07) is 14.8. The molecule has 2 aromatic carbocycles. The number of halogens is 1. The summed E-state index contributed by atoms with van der Waals surface area (Å²) in [7, 11) is 4.21. The van der Waals surface area contributed by atoms with Crippen LogP contribution in [0.2, 0.25) is 0 Å². The fourth-order valence-electron chi connectivity index (χ4n) is 2.32. The predicted molar refractivity (Wildman–Crippen MR) is 96.5 cm³/mol. The van der Waals surface area contributed by atoms with Crippen molar-refractivity contribution < 1.29 is 4.74 Å². The van der Waals surface area contributed by atoms with Crippen LogP contribution >= 0.6 is 15.9 Å². The molecule has 3 heteroatoms. The molecule has 2 rings (SSSR count). The number of rotatable bonds is 7. The van der Waals surface area contributed by atoms with Gasteiger partial charge in [0, 0.05) is 4.47 Å². The highest BCUT2D eigenvalue weighted by Gasteiger charge is 2.06. The van der Waals surface area contributed by atoms with Crippen molar-refractivity contribution in [3.63, 3.8) is 0 Å². The van der Waals surface area contributed by atoms with Gasteiger partial charge < -0.3 is 9.64 Å². The Labute approximate surface area is 142 Å². The quantitative estimate of drug-likeness (QED) is 0.700. The summed E-state index contributed by atoms with van der Waals surface area (Å²) >= 11 is 3.56. The Morgan fingerprint density at radius 2 is 1.77 bits per heavy atom. The van der Waals surface area contributed by atoms with Gasteiger partial charge in [-0.3, -0.25) is 0 Å². The highest BCUT2D eigenvalue weighted by molar-refractivity contribution is 9.10. The monoisotopic (exact) mass is 361 g/mol. The molecule has 2 nitrogen and oxygen atoms in total. The molecule has 0 bridgehead atoms. The minimum Gasteiger partial charge on any atom is -0.489 e. The van der Waals surface area contributed by atoms with Gasteiger partial charge in [-0.2, -0.15) is 0 Å². The molecule has 2 aromatic rings. The summed E-state index contributed by atoms with van der Waals surface area (Å²) in [6.45, 7) is 3.80. The van der Waals surface area contributed by atoms with Crippen LogP contribution in [0.15, 0.2) is 46.9 Å². The first kappa shape index (κ1) is 17.0. The van der Waals surface area contributed by atoms with Crippen molar-refractivity contribution in [2.75, 3.05) is 20.6 Å². The largest absolute Gasteiger partial charge is 0.489 e. The van der Waals surface area contributed by atoms with Gasteiger partial charge in [-0.25, -0.2) is 0 Å². The molecule has 0 saturated carbocycles. The van der Waals surface area contributed by atoms with Crippen molar-refractivity contribution in [2.45, 2.75) is 26.4 Å². The molecule has 0 N–H and O–H groups in total. The second-order valence-electron chi connectivity index (χ2n) is 5.93. The van der Waals surface area contributed by atoms with Crippen LogP contribution in [0.4, 0.5) is 0 Å². The third kappa shape index (κ3) is 5.47. The number of hydrogen-bond acceptors (Lipinski definition) is 2. The van der Waals surface area contributed by atoms with Crippen molar-refractivity contribution in [2.24, 2.45) is 0 Å². The molecule has 0 saturated heterocycles. The van der Waals surface area contributed by atoms with Gasteiger partial charge in [0.25, 0.3) is 0 Å². The Hall–Kier alpha value is -1.32. The van der Waals surface area contributed by atoms with Crippen LogP contribution < -0.4 is 4.74 Å². The van der Waals surface area contributed by atoms with Gasteiger partial charge in [0.1, 0.15) is 12.4 Å². The van der Waals surface area contributed by atoms with E-state index in [-0.39, 0.29) is 0 Å². The molecule has 0 heterocycles. The highest BCUT2D eigenvalue weighted by Crippen LogP contribution is 2.25. The van der Waals surface area contributed by atoms with E-state index in [0.29, 0.717) is 6.61 Å². The van der Waals surface area contributed by atoms with Crippen LogP contribution in [-0.4, -0.2) is 25.5 Å². The molecule has 0 radical (unpaired) electrons. The van der Waals surface area contributed by atoms with Gasteiger partial charge in [0.2, 0.25) is 0 Å². The molecule has 22 heavy (non-hydrogen) atoms. The summed E-state index contributed by atoms with van der Waals surface area (Å²) in [5.41, 5.74) is 3.74. The first-order chi connectivity index (χ1) is 10.5. The standard InChI is InChI=1S/C19H24BrNO/c1-15-6-8-16(9-7-15)14-22-19-11-10-18(20)13-17(19)5-4-12-21(2)3/h6-11,13H,4-5,12,14H2,1-3H3. The first-order valence-electron chi connectivity index (χ1n) is 7.66. The van der Waals surface area contributed by atoms with E-state index in [2.05, 4.69) is 78.2 Å². The molecule has 118 valence electrons. The van der Waals surface area contributed by atoms with Crippen LogP contribution in [0.3, 0.4) is 0 Å². The van der Waals surface area contributed by atoms with E-state index in [1.54, 1.807) is 0 Å². The molecule has 0 spiro atoms. The van der Waals surface area contributed by atoms with E-state index in [4.69, 9.17) is 4.74 Å². The number of hydrogen-bond donors (Lipinski definition) is 0. The zero-order valence-electron chi connectivity index (χ0n) is 13.6. The Balaban J connectivity index is 2.01. The van der Waals surface area contributed by atoms with E-state index < -0.39 is 0 Å². The summed E-state index contributed by atoms with van der Waals surface area (Å²) in [5, 5.41) is 0. The molecule has 0 aliphatic rings. The van der Waals surface area contributed by atoms with Gasteiger partial charge in [0.15, 0.2) is 0 Å². The number of aryl methyl sites for hydroxylation is 2. The molecule has 0 aliphatic heterocycles. The third-order valence-electron chi connectivity index (χ3n) is 3.59. The van der Waals surface area contributed by atoms with E-state index in [1.165, 1.54) is 16.7 Å². The lowest BCUT2D eigenvalue weighted by molar-refractivity contribution is 0.302. The van der Waals surface area contributed by atoms with Crippen molar-refractivity contribution in [1.29, 1.82) is 0 Å². The SMILES string of the molecule is Cc1ccc(COc2ccc(Br)cc2CCCN(C)C)cc1.